The van der Waals surface area contributed by atoms with Gasteiger partial charge < -0.3 is 10.5 Å². The second-order valence-corrected chi connectivity index (χ2v) is 5.77. The van der Waals surface area contributed by atoms with Crippen LogP contribution in [0.5, 0.6) is 5.75 Å². The number of benzene rings is 2. The minimum absolute atomic E-state index is 0.0334. The van der Waals surface area contributed by atoms with Gasteiger partial charge in [-0.05, 0) is 36.4 Å². The Labute approximate surface area is 148 Å². The summed E-state index contributed by atoms with van der Waals surface area (Å²) < 4.78 is 6.58. The number of nitrogens with zero attached hydrogens (tertiary/aromatic N) is 4. The number of amides is 2. The summed E-state index contributed by atoms with van der Waals surface area (Å²) >= 11 is 0. The third kappa shape index (κ3) is 2.39. The number of hydrogen-bond donors (Lipinski definition) is 1. The molecule has 0 saturated carbocycles. The number of nitrogen functional groups attached to an aromatic ring is 1. The van der Waals surface area contributed by atoms with Crippen LogP contribution < -0.4 is 10.5 Å². The Morgan fingerprint density at radius 3 is 2.19 bits per heavy atom. The molecular formula is C18H15N5O3. The molecule has 3 aromatic rings. The average Bonchev–Trinajstić information content (AvgIpc) is 3.15. The average molecular weight is 349 g/mol. The Morgan fingerprint density at radius 1 is 1.00 bits per heavy atom. The van der Waals surface area contributed by atoms with Crippen molar-refractivity contribution < 1.29 is 14.3 Å². The van der Waals surface area contributed by atoms with Crippen LogP contribution in [0.4, 0.5) is 5.82 Å². The molecule has 2 amide bonds. The fourth-order valence-electron chi connectivity index (χ4n) is 2.88. The van der Waals surface area contributed by atoms with E-state index < -0.39 is 0 Å². The lowest BCUT2D eigenvalue weighted by Gasteiger charge is -2.12. The molecule has 2 aromatic carbocycles. The number of ether oxygens (including phenoxy) is 1. The number of imide groups is 1. The molecule has 130 valence electrons. The number of carbonyl (C=O) groups is 2. The fourth-order valence-corrected chi connectivity index (χ4v) is 2.88. The van der Waals surface area contributed by atoms with Gasteiger partial charge >= 0.3 is 0 Å². The maximum Gasteiger partial charge on any atom is 0.261 e. The summed E-state index contributed by atoms with van der Waals surface area (Å²) in [6, 6.07) is 13.8. The summed E-state index contributed by atoms with van der Waals surface area (Å²) in [6.07, 6.45) is 0. The molecule has 4 rings (SSSR count). The van der Waals surface area contributed by atoms with Crippen LogP contribution in [0.1, 0.15) is 26.4 Å². The van der Waals surface area contributed by atoms with Gasteiger partial charge in [-0.3, -0.25) is 14.5 Å². The summed E-state index contributed by atoms with van der Waals surface area (Å²) in [6.45, 7) is -0.0334. The molecule has 1 aromatic heterocycles. The van der Waals surface area contributed by atoms with Crippen molar-refractivity contribution in [2.75, 3.05) is 12.8 Å². The smallest absolute Gasteiger partial charge is 0.261 e. The summed E-state index contributed by atoms with van der Waals surface area (Å²) in [5, 5.41) is 8.07. The van der Waals surface area contributed by atoms with Gasteiger partial charge in [0.15, 0.2) is 5.82 Å². The molecule has 0 aliphatic carbocycles. The van der Waals surface area contributed by atoms with Gasteiger partial charge in [0, 0.05) is 0 Å². The van der Waals surface area contributed by atoms with Crippen LogP contribution in [-0.2, 0) is 6.54 Å². The van der Waals surface area contributed by atoms with Gasteiger partial charge in [-0.25, -0.2) is 0 Å². The van der Waals surface area contributed by atoms with E-state index >= 15 is 0 Å². The molecule has 8 nitrogen and oxygen atoms in total. The van der Waals surface area contributed by atoms with E-state index in [1.54, 1.807) is 55.6 Å². The van der Waals surface area contributed by atoms with Crippen molar-refractivity contribution >= 4 is 17.6 Å². The van der Waals surface area contributed by atoms with Gasteiger partial charge in [-0.15, -0.1) is 5.10 Å². The largest absolute Gasteiger partial charge is 0.497 e. The van der Waals surface area contributed by atoms with Crippen molar-refractivity contribution in [2.24, 2.45) is 0 Å². The Morgan fingerprint density at radius 2 is 1.62 bits per heavy atom. The fraction of sp³-hybridized carbons (Fsp3) is 0.111. The van der Waals surface area contributed by atoms with E-state index in [-0.39, 0.29) is 24.2 Å². The standard InChI is InChI=1S/C18H15N5O3/c1-26-12-8-6-11(7-9-12)23-16(19)15(20-21-23)10-22-17(24)13-4-2-3-5-14(13)18(22)25/h2-9H,10,19H2,1H3. The lowest BCUT2D eigenvalue weighted by molar-refractivity contribution is 0.0641. The number of fused-ring (bicyclic) bond motifs is 1. The molecule has 0 bridgehead atoms. The van der Waals surface area contributed by atoms with Crippen LogP contribution >= 0.6 is 0 Å². The second-order valence-electron chi connectivity index (χ2n) is 5.77. The van der Waals surface area contributed by atoms with E-state index in [4.69, 9.17) is 10.5 Å². The summed E-state index contributed by atoms with van der Waals surface area (Å²) in [4.78, 5) is 26.1. The molecule has 2 N–H and O–H groups in total. The zero-order valence-electron chi connectivity index (χ0n) is 13.9. The third-order valence-electron chi connectivity index (χ3n) is 4.28. The van der Waals surface area contributed by atoms with Crippen LogP contribution in [0.15, 0.2) is 48.5 Å². The molecule has 0 atom stereocenters. The second kappa shape index (κ2) is 5.99. The maximum atomic E-state index is 12.5. The Bertz CT molecular complexity index is 975. The normalized spacial score (nSPS) is 13.2. The highest BCUT2D eigenvalue weighted by Gasteiger charge is 2.36. The van der Waals surface area contributed by atoms with Crippen LogP contribution in [0.25, 0.3) is 5.69 Å². The monoisotopic (exact) mass is 349 g/mol. The minimum Gasteiger partial charge on any atom is -0.497 e. The first-order chi connectivity index (χ1) is 12.6. The van der Waals surface area contributed by atoms with Crippen molar-refractivity contribution in [1.82, 2.24) is 19.9 Å². The third-order valence-corrected chi connectivity index (χ3v) is 4.28. The SMILES string of the molecule is COc1ccc(-n2nnc(CN3C(=O)c4ccccc4C3=O)c2N)cc1. The molecule has 0 spiro atoms. The highest BCUT2D eigenvalue weighted by atomic mass is 16.5. The van der Waals surface area contributed by atoms with Gasteiger partial charge in [-0.2, -0.15) is 4.68 Å². The number of aromatic nitrogens is 3. The summed E-state index contributed by atoms with van der Waals surface area (Å²) in [5.74, 6) is 0.262. The summed E-state index contributed by atoms with van der Waals surface area (Å²) in [7, 11) is 1.58. The van der Waals surface area contributed by atoms with Crippen LogP contribution in [0, 0.1) is 0 Å². The van der Waals surface area contributed by atoms with Crippen LogP contribution in [0.2, 0.25) is 0 Å². The van der Waals surface area contributed by atoms with Crippen molar-refractivity contribution in [2.45, 2.75) is 6.54 Å². The van der Waals surface area contributed by atoms with E-state index in [0.29, 0.717) is 28.3 Å². The first-order valence-electron chi connectivity index (χ1n) is 7.90. The number of rotatable bonds is 4. The maximum absolute atomic E-state index is 12.5. The van der Waals surface area contributed by atoms with Gasteiger partial charge in [0.1, 0.15) is 11.4 Å². The van der Waals surface area contributed by atoms with Gasteiger partial charge in [0.2, 0.25) is 0 Å². The van der Waals surface area contributed by atoms with Crippen LogP contribution in [0.3, 0.4) is 0 Å². The van der Waals surface area contributed by atoms with Gasteiger partial charge in [0.25, 0.3) is 11.8 Å². The van der Waals surface area contributed by atoms with Crippen molar-refractivity contribution in [3.8, 4) is 11.4 Å². The number of carbonyl (C=O) groups excluding carboxylic acids is 2. The lowest BCUT2D eigenvalue weighted by Crippen LogP contribution is -2.29. The number of nitrogens with two attached hydrogens (primary N) is 1. The first-order valence-corrected chi connectivity index (χ1v) is 7.90. The molecule has 0 unspecified atom stereocenters. The summed E-state index contributed by atoms with van der Waals surface area (Å²) in [5.41, 5.74) is 7.97. The molecule has 0 saturated heterocycles. The Balaban J connectivity index is 1.61. The quantitative estimate of drug-likeness (QED) is 0.719. The molecule has 1 aliphatic heterocycles. The highest BCUT2D eigenvalue weighted by molar-refractivity contribution is 6.21. The van der Waals surface area contributed by atoms with Crippen LogP contribution in [-0.4, -0.2) is 38.8 Å². The predicted molar refractivity (Wildman–Crippen MR) is 93.0 cm³/mol. The van der Waals surface area contributed by atoms with E-state index in [9.17, 15) is 9.59 Å². The topological polar surface area (TPSA) is 103 Å². The van der Waals surface area contributed by atoms with Crippen molar-refractivity contribution in [3.05, 3.63) is 65.4 Å². The first kappa shape index (κ1) is 15.8. The predicted octanol–water partition coefficient (Wildman–Crippen LogP) is 1.65. The van der Waals surface area contributed by atoms with E-state index in [1.807, 2.05) is 0 Å². The van der Waals surface area contributed by atoms with Crippen molar-refractivity contribution in [3.63, 3.8) is 0 Å². The molecule has 0 radical (unpaired) electrons. The lowest BCUT2D eigenvalue weighted by atomic mass is 10.1. The number of hydrogen-bond acceptors (Lipinski definition) is 6. The van der Waals surface area contributed by atoms with E-state index in [2.05, 4.69) is 10.3 Å². The molecule has 8 heteroatoms. The molecule has 0 fully saturated rings. The Hall–Kier alpha value is -3.68. The number of methoxy groups -OCH3 is 1. The van der Waals surface area contributed by atoms with E-state index in [0.717, 1.165) is 4.90 Å². The Kier molecular flexibility index (Phi) is 3.65. The number of anilines is 1. The van der Waals surface area contributed by atoms with E-state index in [1.165, 1.54) is 4.68 Å². The highest BCUT2D eigenvalue weighted by Crippen LogP contribution is 2.26. The van der Waals surface area contributed by atoms with Crippen molar-refractivity contribution in [1.29, 1.82) is 0 Å². The minimum atomic E-state index is -0.357. The van der Waals surface area contributed by atoms with Gasteiger partial charge in [0.05, 0.1) is 30.5 Å². The zero-order valence-corrected chi connectivity index (χ0v) is 13.9. The van der Waals surface area contributed by atoms with Gasteiger partial charge in [-0.1, -0.05) is 17.3 Å². The molecule has 26 heavy (non-hydrogen) atoms. The molecular weight excluding hydrogens is 334 g/mol. The zero-order chi connectivity index (χ0) is 18.3. The molecule has 2 heterocycles. The molecule has 1 aliphatic rings.